The zero-order valence-electron chi connectivity index (χ0n) is 35.9. The Morgan fingerprint density at radius 1 is 0.564 bits per heavy atom. The molecule has 0 aromatic carbocycles. The van der Waals surface area contributed by atoms with Gasteiger partial charge >= 0.3 is 13.8 Å². The number of unbranched alkanes of at least 4 members (excludes halogenated alkanes) is 25. The number of allylic oxidation sites excluding steroid dienone is 6. The number of hydrogen-bond donors (Lipinski definition) is 2. The molecule has 0 spiro atoms. The van der Waals surface area contributed by atoms with Crippen LogP contribution in [0.5, 0.6) is 0 Å². The van der Waals surface area contributed by atoms with Crippen molar-refractivity contribution in [2.75, 3.05) is 33.0 Å². The fourth-order valence-electron chi connectivity index (χ4n) is 6.48. The van der Waals surface area contributed by atoms with Gasteiger partial charge in [-0.1, -0.05) is 198 Å². The molecule has 0 fully saturated rings. The third kappa shape index (κ3) is 43.7. The quantitative estimate of drug-likeness (QED) is 0.0271. The molecule has 3 N–H and O–H groups in total. The minimum atomic E-state index is -4.28. The summed E-state index contributed by atoms with van der Waals surface area (Å²) in [6, 6.07) is 0. The Kier molecular flexibility index (Phi) is 42.8. The Morgan fingerprint density at radius 2 is 1.02 bits per heavy atom. The summed E-state index contributed by atoms with van der Waals surface area (Å²) >= 11 is 0. The minimum Gasteiger partial charge on any atom is -0.457 e. The highest BCUT2D eigenvalue weighted by atomic mass is 31.2. The number of nitrogens with two attached hydrogens (primary N) is 1. The summed E-state index contributed by atoms with van der Waals surface area (Å²) in [4.78, 5) is 22.5. The standard InChI is InChI=1S/C46H88NO7P/c1-3-5-7-9-11-13-15-17-19-20-21-22-23-24-26-28-30-32-34-36-38-41-51-43-45(44-53-55(49,50)52-42-40-47)54-46(48)39-37-35-33-31-29-27-25-18-16-14-12-10-8-6-4-2/h6,8,12,14,18,25,45H,3-5,7,9-11,13,15-17,19-24,26-44,47H2,1-2H3,(H,49,50)/b8-6-,14-12-,25-18-. The van der Waals surface area contributed by atoms with Gasteiger partial charge in [0, 0.05) is 19.6 Å². The molecule has 324 valence electrons. The normalized spacial score (nSPS) is 13.7. The van der Waals surface area contributed by atoms with Crippen molar-refractivity contribution in [3.63, 3.8) is 0 Å². The molecule has 0 amide bonds. The van der Waals surface area contributed by atoms with E-state index in [1.807, 2.05) is 0 Å². The average molecular weight is 798 g/mol. The summed E-state index contributed by atoms with van der Waals surface area (Å²) in [5.41, 5.74) is 5.37. The smallest absolute Gasteiger partial charge is 0.457 e. The van der Waals surface area contributed by atoms with Crippen molar-refractivity contribution < 1.29 is 32.8 Å². The fraction of sp³-hybridized carbons (Fsp3) is 0.848. The van der Waals surface area contributed by atoms with Gasteiger partial charge in [-0.15, -0.1) is 0 Å². The predicted octanol–water partition coefficient (Wildman–Crippen LogP) is 13.8. The van der Waals surface area contributed by atoms with E-state index >= 15 is 0 Å². The van der Waals surface area contributed by atoms with Crippen LogP contribution in [0.15, 0.2) is 36.5 Å². The van der Waals surface area contributed by atoms with E-state index in [0.29, 0.717) is 13.0 Å². The lowest BCUT2D eigenvalue weighted by molar-refractivity contribution is -0.154. The summed E-state index contributed by atoms with van der Waals surface area (Å²) in [6.07, 6.45) is 50.3. The van der Waals surface area contributed by atoms with Crippen LogP contribution in [-0.4, -0.2) is 49.9 Å². The fourth-order valence-corrected chi connectivity index (χ4v) is 7.25. The van der Waals surface area contributed by atoms with Crippen molar-refractivity contribution in [2.24, 2.45) is 5.73 Å². The predicted molar refractivity (Wildman–Crippen MR) is 233 cm³/mol. The van der Waals surface area contributed by atoms with Crippen molar-refractivity contribution in [1.29, 1.82) is 0 Å². The average Bonchev–Trinajstić information content (AvgIpc) is 3.17. The number of rotatable bonds is 44. The molecule has 0 aromatic heterocycles. The Morgan fingerprint density at radius 3 is 1.53 bits per heavy atom. The first kappa shape index (κ1) is 53.7. The maximum Gasteiger partial charge on any atom is 0.472 e. The molecule has 55 heavy (non-hydrogen) atoms. The number of phosphoric ester groups is 1. The van der Waals surface area contributed by atoms with Crippen LogP contribution in [0, 0.1) is 0 Å². The molecular weight excluding hydrogens is 709 g/mol. The molecule has 0 aliphatic heterocycles. The monoisotopic (exact) mass is 798 g/mol. The minimum absolute atomic E-state index is 0.0979. The summed E-state index contributed by atoms with van der Waals surface area (Å²) < 4.78 is 33.5. The largest absolute Gasteiger partial charge is 0.472 e. The molecular formula is C46H88NO7P. The van der Waals surface area contributed by atoms with Gasteiger partial charge in [-0.2, -0.15) is 0 Å². The first-order valence-electron chi connectivity index (χ1n) is 23.0. The van der Waals surface area contributed by atoms with Gasteiger partial charge < -0.3 is 20.1 Å². The number of carbonyl (C=O) groups is 1. The summed E-state index contributed by atoms with van der Waals surface area (Å²) in [5.74, 6) is -0.344. The first-order valence-corrected chi connectivity index (χ1v) is 24.5. The summed E-state index contributed by atoms with van der Waals surface area (Å²) in [6.45, 7) is 4.82. The molecule has 8 nitrogen and oxygen atoms in total. The van der Waals surface area contributed by atoms with Gasteiger partial charge in [0.1, 0.15) is 6.10 Å². The molecule has 0 bridgehead atoms. The number of carbonyl (C=O) groups excluding carboxylic acids is 1. The highest BCUT2D eigenvalue weighted by molar-refractivity contribution is 7.47. The maximum absolute atomic E-state index is 12.6. The third-order valence-electron chi connectivity index (χ3n) is 9.82. The van der Waals surface area contributed by atoms with E-state index in [9.17, 15) is 14.3 Å². The topological polar surface area (TPSA) is 117 Å². The molecule has 9 heteroatoms. The number of hydrogen-bond acceptors (Lipinski definition) is 7. The third-order valence-corrected chi connectivity index (χ3v) is 10.8. The van der Waals surface area contributed by atoms with Crippen LogP contribution in [0.3, 0.4) is 0 Å². The van der Waals surface area contributed by atoms with Crippen LogP contribution in [0.1, 0.15) is 213 Å². The molecule has 0 saturated carbocycles. The summed E-state index contributed by atoms with van der Waals surface area (Å²) in [7, 11) is -4.28. The lowest BCUT2D eigenvalue weighted by Gasteiger charge is -2.20. The van der Waals surface area contributed by atoms with Gasteiger partial charge in [-0.25, -0.2) is 4.57 Å². The molecule has 0 radical (unpaired) electrons. The van der Waals surface area contributed by atoms with E-state index in [2.05, 4.69) is 50.3 Å². The van der Waals surface area contributed by atoms with E-state index in [0.717, 1.165) is 70.6 Å². The van der Waals surface area contributed by atoms with E-state index in [-0.39, 0.29) is 32.3 Å². The van der Waals surface area contributed by atoms with Crippen molar-refractivity contribution in [2.45, 2.75) is 219 Å². The Balaban J connectivity index is 3.96. The molecule has 0 rings (SSSR count). The van der Waals surface area contributed by atoms with Crippen LogP contribution in [0.2, 0.25) is 0 Å². The van der Waals surface area contributed by atoms with E-state index in [4.69, 9.17) is 24.3 Å². The Bertz CT molecular complexity index is 941. The highest BCUT2D eigenvalue weighted by Crippen LogP contribution is 2.43. The van der Waals surface area contributed by atoms with Gasteiger partial charge in [-0.3, -0.25) is 13.8 Å². The van der Waals surface area contributed by atoms with Crippen molar-refractivity contribution in [3.8, 4) is 0 Å². The Hall–Kier alpha value is -1.28. The number of esters is 1. The van der Waals surface area contributed by atoms with Crippen molar-refractivity contribution >= 4 is 13.8 Å². The zero-order chi connectivity index (χ0) is 40.2. The molecule has 0 aliphatic carbocycles. The molecule has 0 aromatic rings. The Labute approximate surface area is 339 Å². The van der Waals surface area contributed by atoms with E-state index in [1.165, 1.54) is 122 Å². The van der Waals surface area contributed by atoms with Crippen LogP contribution >= 0.6 is 7.82 Å². The lowest BCUT2D eigenvalue weighted by atomic mass is 10.0. The molecule has 2 unspecified atom stereocenters. The molecule has 0 aliphatic rings. The van der Waals surface area contributed by atoms with E-state index < -0.39 is 13.9 Å². The van der Waals surface area contributed by atoms with E-state index in [1.54, 1.807) is 0 Å². The van der Waals surface area contributed by atoms with Crippen LogP contribution in [-0.2, 0) is 27.9 Å². The molecule has 0 heterocycles. The second-order valence-corrected chi connectivity index (χ2v) is 16.7. The van der Waals surface area contributed by atoms with Crippen LogP contribution in [0.4, 0.5) is 0 Å². The van der Waals surface area contributed by atoms with Crippen molar-refractivity contribution in [3.05, 3.63) is 36.5 Å². The molecule has 0 saturated heterocycles. The molecule has 2 atom stereocenters. The number of ether oxygens (including phenoxy) is 2. The highest BCUT2D eigenvalue weighted by Gasteiger charge is 2.25. The summed E-state index contributed by atoms with van der Waals surface area (Å²) in [5, 5.41) is 0. The van der Waals surface area contributed by atoms with Crippen molar-refractivity contribution in [1.82, 2.24) is 0 Å². The second kappa shape index (κ2) is 43.8. The van der Waals surface area contributed by atoms with Gasteiger partial charge in [0.2, 0.25) is 0 Å². The SMILES string of the molecule is CC/C=C\C/C=C\C/C=C\CCCCCCCC(=O)OC(COCCCCCCCCCCCCCCCCCCCCCCC)COP(=O)(O)OCCN. The zero-order valence-corrected chi connectivity index (χ0v) is 36.8. The maximum atomic E-state index is 12.6. The van der Waals surface area contributed by atoms with Crippen LogP contribution in [0.25, 0.3) is 0 Å². The second-order valence-electron chi connectivity index (χ2n) is 15.2. The van der Waals surface area contributed by atoms with Gasteiger partial charge in [-0.05, 0) is 44.9 Å². The number of phosphoric acid groups is 1. The van der Waals surface area contributed by atoms with Gasteiger partial charge in [0.05, 0.1) is 19.8 Å². The van der Waals surface area contributed by atoms with Gasteiger partial charge in [0.25, 0.3) is 0 Å². The first-order chi connectivity index (χ1) is 26.9. The van der Waals surface area contributed by atoms with Gasteiger partial charge in [0.15, 0.2) is 0 Å². The lowest BCUT2D eigenvalue weighted by Crippen LogP contribution is -2.28. The van der Waals surface area contributed by atoms with Crippen LogP contribution < -0.4 is 5.73 Å².